The number of amides is 1. The number of anilines is 1. The van der Waals surface area contributed by atoms with Crippen molar-refractivity contribution in [1.29, 1.82) is 0 Å². The quantitative estimate of drug-likeness (QED) is 0.626. The van der Waals surface area contributed by atoms with Crippen LogP contribution >= 0.6 is 11.3 Å². The maximum atomic E-state index is 12.4. The fourth-order valence-corrected chi connectivity index (χ4v) is 3.37. The molecule has 0 bridgehead atoms. The summed E-state index contributed by atoms with van der Waals surface area (Å²) in [5.41, 5.74) is 2.05. The number of rotatable bonds is 6. The van der Waals surface area contributed by atoms with Crippen LogP contribution in [0.5, 0.6) is 0 Å². The fraction of sp³-hybridized carbons (Fsp3) is 0.294. The van der Waals surface area contributed by atoms with Crippen LogP contribution < -0.4 is 10.6 Å². The molecule has 0 spiro atoms. The Morgan fingerprint density at radius 2 is 2.24 bits per heavy atom. The molecule has 8 heteroatoms. The van der Waals surface area contributed by atoms with Crippen LogP contribution in [0.1, 0.15) is 33.9 Å². The normalized spacial score (nSPS) is 12.1. The highest BCUT2D eigenvalue weighted by Gasteiger charge is 2.18. The molecule has 3 aromatic heterocycles. The Kier molecular flexibility index (Phi) is 5.20. The van der Waals surface area contributed by atoms with Crippen LogP contribution in [0.2, 0.25) is 0 Å². The zero-order chi connectivity index (χ0) is 17.8. The lowest BCUT2D eigenvalue weighted by molar-refractivity contribution is 0.0942. The van der Waals surface area contributed by atoms with Crippen LogP contribution in [0.25, 0.3) is 10.2 Å². The van der Waals surface area contributed by atoms with Gasteiger partial charge in [-0.3, -0.25) is 9.78 Å². The number of aryl methyl sites for hydroxylation is 1. The third kappa shape index (κ3) is 3.92. The van der Waals surface area contributed by atoms with Gasteiger partial charge in [-0.15, -0.1) is 11.3 Å². The van der Waals surface area contributed by atoms with E-state index >= 15 is 0 Å². The summed E-state index contributed by atoms with van der Waals surface area (Å²) in [5.74, 6) is 0.0659. The van der Waals surface area contributed by atoms with Crippen LogP contribution in [0, 0.1) is 6.92 Å². The number of hydrogen-bond donors (Lipinski definition) is 3. The summed E-state index contributed by atoms with van der Waals surface area (Å²) < 4.78 is 0.743. The van der Waals surface area contributed by atoms with E-state index in [0.717, 1.165) is 20.7 Å². The minimum Gasteiger partial charge on any atom is -0.395 e. The van der Waals surface area contributed by atoms with Crippen molar-refractivity contribution in [3.63, 3.8) is 0 Å². The summed E-state index contributed by atoms with van der Waals surface area (Å²) in [4.78, 5) is 26.5. The molecule has 1 atom stereocenters. The van der Waals surface area contributed by atoms with E-state index < -0.39 is 0 Å². The van der Waals surface area contributed by atoms with Crippen LogP contribution in [0.4, 0.5) is 5.95 Å². The molecule has 0 unspecified atom stereocenters. The molecule has 1 amide bonds. The second kappa shape index (κ2) is 7.54. The van der Waals surface area contributed by atoms with Crippen LogP contribution in [-0.4, -0.2) is 39.1 Å². The molecule has 3 aromatic rings. The van der Waals surface area contributed by atoms with Crippen molar-refractivity contribution in [2.45, 2.75) is 19.9 Å². The number of aromatic nitrogens is 3. The van der Waals surface area contributed by atoms with E-state index in [0.29, 0.717) is 11.6 Å². The van der Waals surface area contributed by atoms with Crippen molar-refractivity contribution >= 4 is 33.4 Å². The average Bonchev–Trinajstić information content (AvgIpc) is 2.99. The molecule has 0 saturated carbocycles. The summed E-state index contributed by atoms with van der Waals surface area (Å²) in [6, 6.07) is 5.71. The van der Waals surface area contributed by atoms with Gasteiger partial charge in [0.1, 0.15) is 0 Å². The Morgan fingerprint density at radius 1 is 1.40 bits per heavy atom. The second-order valence-corrected chi connectivity index (χ2v) is 6.86. The zero-order valence-electron chi connectivity index (χ0n) is 14.0. The highest BCUT2D eigenvalue weighted by Crippen LogP contribution is 2.28. The molecule has 0 radical (unpaired) electrons. The summed E-state index contributed by atoms with van der Waals surface area (Å²) >= 11 is 1.48. The molecule has 0 aliphatic heterocycles. The largest absolute Gasteiger partial charge is 0.395 e. The van der Waals surface area contributed by atoms with Gasteiger partial charge in [0.2, 0.25) is 5.95 Å². The van der Waals surface area contributed by atoms with Crippen molar-refractivity contribution in [1.82, 2.24) is 20.3 Å². The highest BCUT2D eigenvalue weighted by molar-refractivity contribution is 7.19. The molecule has 3 heterocycles. The van der Waals surface area contributed by atoms with Gasteiger partial charge in [-0.05, 0) is 31.5 Å². The number of carbonyl (C=O) groups excluding carboxylic acids is 1. The molecule has 0 aromatic carbocycles. The van der Waals surface area contributed by atoms with Crippen molar-refractivity contribution in [2.75, 3.05) is 18.5 Å². The molecule has 3 N–H and O–H groups in total. The van der Waals surface area contributed by atoms with Gasteiger partial charge < -0.3 is 15.7 Å². The van der Waals surface area contributed by atoms with Gasteiger partial charge in [0, 0.05) is 23.8 Å². The smallest absolute Gasteiger partial charge is 0.271 e. The summed E-state index contributed by atoms with van der Waals surface area (Å²) in [7, 11) is 0. The van der Waals surface area contributed by atoms with Crippen molar-refractivity contribution in [3.8, 4) is 0 Å². The average molecular weight is 357 g/mol. The Bertz CT molecular complexity index is 881. The van der Waals surface area contributed by atoms with Gasteiger partial charge in [0.05, 0.1) is 22.9 Å². The number of carbonyl (C=O) groups is 1. The number of pyridine rings is 1. The topological polar surface area (TPSA) is 100 Å². The van der Waals surface area contributed by atoms with Crippen molar-refractivity contribution < 1.29 is 9.90 Å². The van der Waals surface area contributed by atoms with Gasteiger partial charge in [-0.2, -0.15) is 0 Å². The molecule has 0 saturated heterocycles. The Hall–Kier alpha value is -2.58. The third-order valence-electron chi connectivity index (χ3n) is 3.64. The van der Waals surface area contributed by atoms with Gasteiger partial charge in [-0.25, -0.2) is 9.97 Å². The zero-order valence-corrected chi connectivity index (χ0v) is 14.8. The minimum atomic E-state index is -0.319. The van der Waals surface area contributed by atoms with E-state index in [1.54, 1.807) is 12.4 Å². The summed E-state index contributed by atoms with van der Waals surface area (Å²) in [5, 5.41) is 14.8. The number of aliphatic hydroxyl groups excluding tert-OH is 1. The van der Waals surface area contributed by atoms with E-state index in [1.807, 2.05) is 32.0 Å². The maximum Gasteiger partial charge on any atom is 0.271 e. The van der Waals surface area contributed by atoms with E-state index in [4.69, 9.17) is 5.11 Å². The number of aliphatic hydroxyl groups is 1. The number of hydrogen-bond acceptors (Lipinski definition) is 7. The van der Waals surface area contributed by atoms with Crippen LogP contribution in [-0.2, 0) is 0 Å². The SMILES string of the molecule is Cc1cc2nc(N[C@@H](C)c3cccnc3)nc(C(=O)NCCO)c2s1. The standard InChI is InChI=1S/C17H19N5O2S/c1-10-8-13-15(25-10)14(16(24)19-6-7-23)22-17(21-13)20-11(2)12-4-3-5-18-9-12/h3-5,8-9,11,23H,6-7H2,1-2H3,(H,19,24)(H,20,21,22)/t11-/m0/s1. The summed E-state index contributed by atoms with van der Waals surface area (Å²) in [6.45, 7) is 4.01. The van der Waals surface area contributed by atoms with Gasteiger partial charge in [-0.1, -0.05) is 6.07 Å². The number of fused-ring (bicyclic) bond motifs is 1. The molecule has 130 valence electrons. The second-order valence-electron chi connectivity index (χ2n) is 5.60. The number of nitrogens with one attached hydrogen (secondary N) is 2. The Morgan fingerprint density at radius 3 is 2.96 bits per heavy atom. The van der Waals surface area contributed by atoms with E-state index in [2.05, 4.69) is 25.6 Å². The fourth-order valence-electron chi connectivity index (χ4n) is 2.43. The van der Waals surface area contributed by atoms with Crippen LogP contribution in [0.15, 0.2) is 30.6 Å². The predicted octanol–water partition coefficient (Wildman–Crippen LogP) is 2.29. The van der Waals surface area contributed by atoms with E-state index in [-0.39, 0.29) is 25.1 Å². The van der Waals surface area contributed by atoms with Gasteiger partial charge >= 0.3 is 0 Å². The highest BCUT2D eigenvalue weighted by atomic mass is 32.1. The molecule has 25 heavy (non-hydrogen) atoms. The third-order valence-corrected chi connectivity index (χ3v) is 4.68. The van der Waals surface area contributed by atoms with E-state index in [9.17, 15) is 4.79 Å². The van der Waals surface area contributed by atoms with Crippen molar-refractivity contribution in [2.24, 2.45) is 0 Å². The Labute approximate surface area is 149 Å². The van der Waals surface area contributed by atoms with Gasteiger partial charge in [0.25, 0.3) is 5.91 Å². The van der Waals surface area contributed by atoms with Crippen LogP contribution in [0.3, 0.4) is 0 Å². The van der Waals surface area contributed by atoms with Crippen molar-refractivity contribution in [3.05, 3.63) is 46.7 Å². The molecule has 0 aliphatic carbocycles. The first-order chi connectivity index (χ1) is 12.1. The maximum absolute atomic E-state index is 12.4. The molecule has 7 nitrogen and oxygen atoms in total. The lowest BCUT2D eigenvalue weighted by Gasteiger charge is -2.14. The molecule has 0 fully saturated rings. The first-order valence-corrected chi connectivity index (χ1v) is 8.74. The molecular weight excluding hydrogens is 338 g/mol. The molecule has 0 aliphatic rings. The molecule has 3 rings (SSSR count). The first kappa shape index (κ1) is 17.2. The van der Waals surface area contributed by atoms with Gasteiger partial charge in [0.15, 0.2) is 5.69 Å². The minimum absolute atomic E-state index is 0.0563. The Balaban J connectivity index is 1.94. The monoisotopic (exact) mass is 357 g/mol. The number of thiophene rings is 1. The first-order valence-electron chi connectivity index (χ1n) is 7.92. The summed E-state index contributed by atoms with van der Waals surface area (Å²) in [6.07, 6.45) is 3.50. The van der Waals surface area contributed by atoms with E-state index in [1.165, 1.54) is 11.3 Å². The number of nitrogens with zero attached hydrogens (tertiary/aromatic N) is 3. The predicted molar refractivity (Wildman–Crippen MR) is 97.8 cm³/mol. The lowest BCUT2D eigenvalue weighted by atomic mass is 10.1. The molecular formula is C17H19N5O2S. The lowest BCUT2D eigenvalue weighted by Crippen LogP contribution is -2.27.